The van der Waals surface area contributed by atoms with Gasteiger partial charge in [0.05, 0.1) is 29.9 Å². The van der Waals surface area contributed by atoms with Gasteiger partial charge in [-0.2, -0.15) is 0 Å². The predicted octanol–water partition coefficient (Wildman–Crippen LogP) is 3.95. The summed E-state index contributed by atoms with van der Waals surface area (Å²) < 4.78 is 2.07. The van der Waals surface area contributed by atoms with Gasteiger partial charge in [-0.25, -0.2) is 0 Å². The van der Waals surface area contributed by atoms with Crippen LogP contribution in [-0.4, -0.2) is 26.6 Å². The van der Waals surface area contributed by atoms with Crippen molar-refractivity contribution in [2.45, 2.75) is 25.6 Å². The van der Waals surface area contributed by atoms with Crippen molar-refractivity contribution in [3.63, 3.8) is 0 Å². The first-order valence-electron chi connectivity index (χ1n) is 10.1. The molecule has 1 radical (unpaired) electrons. The Bertz CT molecular complexity index is 1210. The predicted molar refractivity (Wildman–Crippen MR) is 117 cm³/mol. The van der Waals surface area contributed by atoms with Crippen LogP contribution < -0.4 is 5.32 Å². The van der Waals surface area contributed by atoms with Crippen LogP contribution in [0.5, 0.6) is 0 Å². The number of hydrogen-bond donors (Lipinski definition) is 2. The van der Waals surface area contributed by atoms with Crippen LogP contribution in [0.25, 0.3) is 22.0 Å². The fourth-order valence-electron chi connectivity index (χ4n) is 3.80. The molecular formula is C25H22N3O2. The standard InChI is InChI=1S/C25H22N3O2/c29-16-19-4-1-2-6-22(19)18-8-9-21(26-14-18)15-28-13-12-17-5-3-7-23(24(17)28)25(30)27-20-10-11-20/h1-10,12-14,20,29H,11,15-16H2,(H,27,30). The van der Waals surface area contributed by atoms with Gasteiger partial charge < -0.3 is 15.0 Å². The van der Waals surface area contributed by atoms with Crippen LogP contribution in [0.3, 0.4) is 0 Å². The number of rotatable bonds is 6. The zero-order valence-corrected chi connectivity index (χ0v) is 16.5. The van der Waals surface area contributed by atoms with E-state index in [0.717, 1.165) is 39.7 Å². The molecule has 1 amide bonds. The summed E-state index contributed by atoms with van der Waals surface area (Å²) in [6, 6.07) is 19.9. The molecule has 1 atom stereocenters. The first-order valence-corrected chi connectivity index (χ1v) is 10.1. The van der Waals surface area contributed by atoms with Crippen molar-refractivity contribution >= 4 is 16.8 Å². The molecule has 0 bridgehead atoms. The number of aliphatic hydroxyl groups excluding tert-OH is 1. The highest BCUT2D eigenvalue weighted by Crippen LogP contribution is 2.25. The molecule has 0 spiro atoms. The molecule has 2 heterocycles. The van der Waals surface area contributed by atoms with E-state index in [1.165, 1.54) is 0 Å². The molecule has 2 aromatic heterocycles. The van der Waals surface area contributed by atoms with Crippen molar-refractivity contribution in [3.05, 3.63) is 96.3 Å². The van der Waals surface area contributed by atoms with Crippen molar-refractivity contribution in [1.82, 2.24) is 14.9 Å². The van der Waals surface area contributed by atoms with E-state index < -0.39 is 0 Å². The monoisotopic (exact) mass is 396 g/mol. The molecule has 5 rings (SSSR count). The van der Waals surface area contributed by atoms with E-state index in [2.05, 4.69) is 21.3 Å². The highest BCUT2D eigenvalue weighted by molar-refractivity contribution is 6.06. The van der Waals surface area contributed by atoms with E-state index in [-0.39, 0.29) is 18.6 Å². The second-order valence-electron chi connectivity index (χ2n) is 7.59. The number of aliphatic hydroxyl groups is 1. The minimum absolute atomic E-state index is 0.00323. The second kappa shape index (κ2) is 7.76. The van der Waals surface area contributed by atoms with Crippen molar-refractivity contribution in [3.8, 4) is 11.1 Å². The average Bonchev–Trinajstić information content (AvgIpc) is 3.51. The Labute approximate surface area is 175 Å². The number of carbonyl (C=O) groups is 1. The lowest BCUT2D eigenvalue weighted by Gasteiger charge is -2.11. The van der Waals surface area contributed by atoms with Gasteiger partial charge in [-0.1, -0.05) is 42.5 Å². The molecule has 2 aromatic carbocycles. The summed E-state index contributed by atoms with van der Waals surface area (Å²) in [5.74, 6) is -0.0387. The van der Waals surface area contributed by atoms with Gasteiger partial charge in [-0.15, -0.1) is 0 Å². The number of pyridine rings is 1. The lowest BCUT2D eigenvalue weighted by Crippen LogP contribution is -2.26. The third-order valence-corrected chi connectivity index (χ3v) is 5.48. The molecule has 0 aliphatic heterocycles. The fourth-order valence-corrected chi connectivity index (χ4v) is 3.80. The van der Waals surface area contributed by atoms with Crippen molar-refractivity contribution in [1.29, 1.82) is 0 Å². The SMILES string of the molecule is O=C(NC1[CH]C1)c1cccc2ccn(Cc3ccc(-c4ccccc4CO)cn3)c12. The first kappa shape index (κ1) is 18.6. The number of benzene rings is 2. The molecule has 5 heteroatoms. The van der Waals surface area contributed by atoms with Crippen LogP contribution >= 0.6 is 0 Å². The molecule has 149 valence electrons. The Morgan fingerprint density at radius 3 is 2.73 bits per heavy atom. The Morgan fingerprint density at radius 2 is 1.97 bits per heavy atom. The molecule has 2 N–H and O–H groups in total. The molecule has 1 fully saturated rings. The summed E-state index contributed by atoms with van der Waals surface area (Å²) in [5.41, 5.74) is 5.36. The third-order valence-electron chi connectivity index (χ3n) is 5.48. The molecule has 1 unspecified atom stereocenters. The lowest BCUT2D eigenvalue weighted by molar-refractivity contribution is 0.0953. The second-order valence-corrected chi connectivity index (χ2v) is 7.59. The maximum absolute atomic E-state index is 12.7. The smallest absolute Gasteiger partial charge is 0.253 e. The van der Waals surface area contributed by atoms with Crippen LogP contribution in [0.15, 0.2) is 73.1 Å². The highest BCUT2D eigenvalue weighted by atomic mass is 16.3. The van der Waals surface area contributed by atoms with Crippen molar-refractivity contribution in [2.75, 3.05) is 0 Å². The maximum Gasteiger partial charge on any atom is 0.253 e. The summed E-state index contributed by atoms with van der Waals surface area (Å²) in [4.78, 5) is 17.3. The Hall–Kier alpha value is -3.44. The number of hydrogen-bond acceptors (Lipinski definition) is 3. The molecule has 1 aliphatic carbocycles. The van der Waals surface area contributed by atoms with E-state index in [9.17, 15) is 9.90 Å². The highest BCUT2D eigenvalue weighted by Gasteiger charge is 2.25. The van der Waals surface area contributed by atoms with Crippen LogP contribution in [0.4, 0.5) is 0 Å². The molecule has 4 aromatic rings. The fraction of sp³-hybridized carbons (Fsp3) is 0.160. The van der Waals surface area contributed by atoms with Crippen LogP contribution in [0, 0.1) is 6.42 Å². The summed E-state index contributed by atoms with van der Waals surface area (Å²) >= 11 is 0. The zero-order chi connectivity index (χ0) is 20.5. The normalized spacial score (nSPS) is 13.5. The number of carbonyl (C=O) groups excluding carboxylic acids is 1. The van der Waals surface area contributed by atoms with Gasteiger partial charge in [0, 0.05) is 29.4 Å². The van der Waals surface area contributed by atoms with Crippen LogP contribution in [0.1, 0.15) is 28.0 Å². The zero-order valence-electron chi connectivity index (χ0n) is 16.5. The van der Waals surface area contributed by atoms with Gasteiger partial charge in [0.2, 0.25) is 0 Å². The summed E-state index contributed by atoms with van der Waals surface area (Å²) in [6.45, 7) is 0.571. The molecule has 1 aliphatic rings. The van der Waals surface area contributed by atoms with Crippen molar-refractivity contribution < 1.29 is 9.90 Å². The number of para-hydroxylation sites is 1. The van der Waals surface area contributed by atoms with Gasteiger partial charge in [-0.05, 0) is 42.2 Å². The van der Waals surface area contributed by atoms with Crippen molar-refractivity contribution in [2.24, 2.45) is 0 Å². The minimum Gasteiger partial charge on any atom is -0.392 e. The first-order chi connectivity index (χ1) is 14.7. The van der Waals surface area contributed by atoms with E-state index in [1.54, 1.807) is 0 Å². The Kier molecular flexibility index (Phi) is 4.81. The van der Waals surface area contributed by atoms with Gasteiger partial charge in [0.1, 0.15) is 0 Å². The number of fused-ring (bicyclic) bond motifs is 1. The minimum atomic E-state index is -0.0387. The number of aromatic nitrogens is 2. The molecule has 5 nitrogen and oxygen atoms in total. The number of nitrogens with one attached hydrogen (secondary N) is 1. The Balaban J connectivity index is 1.44. The number of amides is 1. The topological polar surface area (TPSA) is 67.2 Å². The maximum atomic E-state index is 12.7. The quantitative estimate of drug-likeness (QED) is 0.519. The van der Waals surface area contributed by atoms with Gasteiger partial charge in [0.25, 0.3) is 5.91 Å². The van der Waals surface area contributed by atoms with Gasteiger partial charge in [-0.3, -0.25) is 9.78 Å². The van der Waals surface area contributed by atoms with E-state index in [4.69, 9.17) is 0 Å². The lowest BCUT2D eigenvalue weighted by atomic mass is 10.0. The summed E-state index contributed by atoms with van der Waals surface area (Å²) in [5, 5.41) is 13.7. The Morgan fingerprint density at radius 1 is 1.10 bits per heavy atom. The summed E-state index contributed by atoms with van der Waals surface area (Å²) in [6.07, 6.45) is 6.86. The van der Waals surface area contributed by atoms with E-state index in [0.29, 0.717) is 12.1 Å². The number of nitrogens with zero attached hydrogens (tertiary/aromatic N) is 2. The molecule has 0 saturated heterocycles. The largest absolute Gasteiger partial charge is 0.392 e. The molecule has 30 heavy (non-hydrogen) atoms. The molecular weight excluding hydrogens is 374 g/mol. The summed E-state index contributed by atoms with van der Waals surface area (Å²) in [7, 11) is 0. The van der Waals surface area contributed by atoms with E-state index >= 15 is 0 Å². The van der Waals surface area contributed by atoms with Crippen LogP contribution in [-0.2, 0) is 13.2 Å². The third kappa shape index (κ3) is 3.60. The van der Waals surface area contributed by atoms with Gasteiger partial charge >= 0.3 is 0 Å². The molecule has 1 saturated carbocycles. The van der Waals surface area contributed by atoms with Gasteiger partial charge in [0.15, 0.2) is 0 Å². The van der Waals surface area contributed by atoms with E-state index in [1.807, 2.05) is 73.1 Å². The van der Waals surface area contributed by atoms with Crippen LogP contribution in [0.2, 0.25) is 0 Å². The average molecular weight is 396 g/mol.